The molecule has 2 N–H and O–H groups in total. The number of rotatable bonds is 4. The number of carbonyl (C=O) groups is 2. The number of nitrogens with zero attached hydrogens (tertiary/aromatic N) is 1. The third-order valence-electron chi connectivity index (χ3n) is 3.85. The Labute approximate surface area is 123 Å². The SMILES string of the molecule is CC1(C)OC(=O)N(CCC(=O)Nc2ccccc2)[C@@]1(C)O. The number of benzene rings is 1. The van der Waals surface area contributed by atoms with Crippen LogP contribution in [0.25, 0.3) is 0 Å². The molecule has 1 aliphatic rings. The number of cyclic esters (lactones) is 1. The molecule has 1 aromatic carbocycles. The van der Waals surface area contributed by atoms with Gasteiger partial charge in [0.05, 0.1) is 0 Å². The van der Waals surface area contributed by atoms with Crippen LogP contribution in [0.2, 0.25) is 0 Å². The second-order valence-electron chi connectivity index (χ2n) is 5.71. The molecule has 0 aliphatic carbocycles. The Bertz CT molecular complexity index is 540. The van der Waals surface area contributed by atoms with Gasteiger partial charge in [-0.2, -0.15) is 0 Å². The Balaban J connectivity index is 1.94. The van der Waals surface area contributed by atoms with Crippen LogP contribution >= 0.6 is 0 Å². The van der Waals surface area contributed by atoms with E-state index in [-0.39, 0.29) is 18.9 Å². The molecule has 0 aromatic heterocycles. The molecule has 2 rings (SSSR count). The Hall–Kier alpha value is -2.08. The van der Waals surface area contributed by atoms with Crippen molar-refractivity contribution in [1.82, 2.24) is 4.90 Å². The third kappa shape index (κ3) is 3.00. The van der Waals surface area contributed by atoms with E-state index in [0.29, 0.717) is 5.69 Å². The lowest BCUT2D eigenvalue weighted by atomic mass is 9.96. The second kappa shape index (κ2) is 5.37. The Morgan fingerprint density at radius 3 is 2.43 bits per heavy atom. The highest BCUT2D eigenvalue weighted by Gasteiger charge is 2.56. The number of para-hydroxylation sites is 1. The number of hydrogen-bond acceptors (Lipinski definition) is 4. The topological polar surface area (TPSA) is 78.9 Å². The summed E-state index contributed by atoms with van der Waals surface area (Å²) in [6.45, 7) is 4.87. The minimum absolute atomic E-state index is 0.0796. The van der Waals surface area contributed by atoms with Gasteiger partial charge in [0, 0.05) is 18.7 Å². The van der Waals surface area contributed by atoms with Gasteiger partial charge in [0.1, 0.15) is 0 Å². The lowest BCUT2D eigenvalue weighted by molar-refractivity contribution is -0.130. The standard InChI is InChI=1S/C15H20N2O4/c1-14(2)15(3,20)17(13(19)21-14)10-9-12(18)16-11-7-5-4-6-8-11/h4-8,20H,9-10H2,1-3H3,(H,16,18)/t15-/m0/s1. The van der Waals surface area contributed by atoms with E-state index in [4.69, 9.17) is 4.74 Å². The van der Waals surface area contributed by atoms with Gasteiger partial charge >= 0.3 is 6.09 Å². The first-order valence-corrected chi connectivity index (χ1v) is 6.82. The van der Waals surface area contributed by atoms with E-state index in [1.165, 1.54) is 11.8 Å². The highest BCUT2D eigenvalue weighted by molar-refractivity contribution is 5.91. The van der Waals surface area contributed by atoms with Gasteiger partial charge in [-0.1, -0.05) is 18.2 Å². The molecular formula is C15H20N2O4. The first-order valence-electron chi connectivity index (χ1n) is 6.82. The van der Waals surface area contributed by atoms with Crippen molar-refractivity contribution in [2.75, 3.05) is 11.9 Å². The summed E-state index contributed by atoms with van der Waals surface area (Å²) >= 11 is 0. The van der Waals surface area contributed by atoms with E-state index in [1.54, 1.807) is 26.0 Å². The summed E-state index contributed by atoms with van der Waals surface area (Å²) in [5.74, 6) is -0.227. The van der Waals surface area contributed by atoms with Crippen LogP contribution in [0.3, 0.4) is 0 Å². The summed E-state index contributed by atoms with van der Waals surface area (Å²) in [7, 11) is 0. The molecule has 1 heterocycles. The van der Waals surface area contributed by atoms with E-state index < -0.39 is 17.4 Å². The molecule has 1 fully saturated rings. The van der Waals surface area contributed by atoms with Crippen molar-refractivity contribution in [3.8, 4) is 0 Å². The summed E-state index contributed by atoms with van der Waals surface area (Å²) in [6.07, 6.45) is -0.534. The lowest BCUT2D eigenvalue weighted by Gasteiger charge is -2.34. The quantitative estimate of drug-likeness (QED) is 0.889. The molecule has 0 saturated carbocycles. The van der Waals surface area contributed by atoms with Gasteiger partial charge in [0.2, 0.25) is 5.91 Å². The molecular weight excluding hydrogens is 272 g/mol. The van der Waals surface area contributed by atoms with Crippen molar-refractivity contribution in [3.05, 3.63) is 30.3 Å². The Kier molecular flexibility index (Phi) is 3.91. The molecule has 0 spiro atoms. The van der Waals surface area contributed by atoms with Crippen molar-refractivity contribution in [2.45, 2.75) is 38.5 Å². The monoisotopic (exact) mass is 292 g/mol. The van der Waals surface area contributed by atoms with E-state index >= 15 is 0 Å². The lowest BCUT2D eigenvalue weighted by Crippen LogP contribution is -2.54. The number of ether oxygens (including phenoxy) is 1. The van der Waals surface area contributed by atoms with E-state index in [9.17, 15) is 14.7 Å². The zero-order chi connectivity index (χ0) is 15.7. The summed E-state index contributed by atoms with van der Waals surface area (Å²) < 4.78 is 5.13. The van der Waals surface area contributed by atoms with E-state index in [2.05, 4.69) is 5.32 Å². The maximum atomic E-state index is 11.9. The molecule has 0 unspecified atom stereocenters. The molecule has 114 valence electrons. The summed E-state index contributed by atoms with van der Waals surface area (Å²) in [4.78, 5) is 24.8. The van der Waals surface area contributed by atoms with Gasteiger partial charge in [0.25, 0.3) is 0 Å². The number of aliphatic hydroxyl groups is 1. The predicted octanol–water partition coefficient (Wildman–Crippen LogP) is 1.95. The van der Waals surface area contributed by atoms with Crippen molar-refractivity contribution in [3.63, 3.8) is 0 Å². The summed E-state index contributed by atoms with van der Waals surface area (Å²) in [5.41, 5.74) is -1.77. The van der Waals surface area contributed by atoms with E-state index in [1.807, 2.05) is 18.2 Å². The first kappa shape index (κ1) is 15.3. The summed E-state index contributed by atoms with van der Waals surface area (Å²) in [6, 6.07) is 9.05. The number of nitrogens with one attached hydrogen (secondary N) is 1. The highest BCUT2D eigenvalue weighted by Crippen LogP contribution is 2.36. The maximum Gasteiger partial charge on any atom is 0.412 e. The van der Waals surface area contributed by atoms with Crippen molar-refractivity contribution in [1.29, 1.82) is 0 Å². The van der Waals surface area contributed by atoms with Crippen LogP contribution < -0.4 is 5.32 Å². The molecule has 21 heavy (non-hydrogen) atoms. The zero-order valence-corrected chi connectivity index (χ0v) is 12.4. The second-order valence-corrected chi connectivity index (χ2v) is 5.71. The maximum absolute atomic E-state index is 11.9. The molecule has 1 aromatic rings. The molecule has 2 amide bonds. The Morgan fingerprint density at radius 1 is 1.29 bits per heavy atom. The minimum Gasteiger partial charge on any atom is -0.438 e. The normalized spacial score (nSPS) is 23.8. The van der Waals surface area contributed by atoms with Crippen LogP contribution in [-0.2, 0) is 9.53 Å². The molecule has 1 atom stereocenters. The van der Waals surface area contributed by atoms with Crippen LogP contribution in [0.4, 0.5) is 10.5 Å². The van der Waals surface area contributed by atoms with Gasteiger partial charge in [-0.25, -0.2) is 4.79 Å². The predicted molar refractivity (Wildman–Crippen MR) is 77.6 cm³/mol. The Morgan fingerprint density at radius 2 is 1.90 bits per heavy atom. The highest BCUT2D eigenvalue weighted by atomic mass is 16.6. The third-order valence-corrected chi connectivity index (χ3v) is 3.85. The van der Waals surface area contributed by atoms with Crippen molar-refractivity contribution < 1.29 is 19.4 Å². The van der Waals surface area contributed by atoms with Gasteiger partial charge < -0.3 is 15.2 Å². The summed E-state index contributed by atoms with van der Waals surface area (Å²) in [5, 5.41) is 13.1. The van der Waals surface area contributed by atoms with Gasteiger partial charge in [-0.15, -0.1) is 0 Å². The molecule has 6 heteroatoms. The van der Waals surface area contributed by atoms with Crippen LogP contribution in [-0.4, -0.2) is 39.9 Å². The molecule has 6 nitrogen and oxygen atoms in total. The van der Waals surface area contributed by atoms with Gasteiger partial charge in [-0.05, 0) is 32.9 Å². The fourth-order valence-corrected chi connectivity index (χ4v) is 2.14. The van der Waals surface area contributed by atoms with Crippen molar-refractivity contribution >= 4 is 17.7 Å². The van der Waals surface area contributed by atoms with Crippen LogP contribution in [0.15, 0.2) is 30.3 Å². The van der Waals surface area contributed by atoms with Crippen molar-refractivity contribution in [2.24, 2.45) is 0 Å². The van der Waals surface area contributed by atoms with Crippen LogP contribution in [0, 0.1) is 0 Å². The minimum atomic E-state index is -1.45. The van der Waals surface area contributed by atoms with Crippen LogP contribution in [0.5, 0.6) is 0 Å². The molecule has 0 radical (unpaired) electrons. The smallest absolute Gasteiger partial charge is 0.412 e. The van der Waals surface area contributed by atoms with Gasteiger partial charge in [0.15, 0.2) is 11.3 Å². The average molecular weight is 292 g/mol. The average Bonchev–Trinajstić information content (AvgIpc) is 2.53. The fourth-order valence-electron chi connectivity index (χ4n) is 2.14. The molecule has 1 aliphatic heterocycles. The molecule has 0 bridgehead atoms. The molecule has 1 saturated heterocycles. The van der Waals surface area contributed by atoms with Gasteiger partial charge in [-0.3, -0.25) is 9.69 Å². The number of anilines is 1. The van der Waals surface area contributed by atoms with E-state index in [0.717, 1.165) is 0 Å². The fraction of sp³-hybridized carbons (Fsp3) is 0.467. The largest absolute Gasteiger partial charge is 0.438 e. The van der Waals surface area contributed by atoms with Crippen LogP contribution in [0.1, 0.15) is 27.2 Å². The number of amides is 2. The number of carbonyl (C=O) groups excluding carboxylic acids is 2. The first-order chi connectivity index (χ1) is 9.74. The number of hydrogen-bond donors (Lipinski definition) is 2. The zero-order valence-electron chi connectivity index (χ0n) is 12.4.